The second-order valence-corrected chi connectivity index (χ2v) is 4.35. The van der Waals surface area contributed by atoms with Crippen LogP contribution < -0.4 is 5.73 Å². The molecular formula is C11H23NO4S. The summed E-state index contributed by atoms with van der Waals surface area (Å²) < 4.78 is 15.3. The lowest BCUT2D eigenvalue weighted by Crippen LogP contribution is -2.33. The van der Waals surface area contributed by atoms with Crippen molar-refractivity contribution in [1.29, 1.82) is 0 Å². The number of carbonyl (C=O) groups excluding carboxylic acids is 1. The van der Waals surface area contributed by atoms with Crippen LogP contribution in [-0.4, -0.2) is 57.1 Å². The van der Waals surface area contributed by atoms with Gasteiger partial charge in [0.25, 0.3) is 0 Å². The van der Waals surface area contributed by atoms with Gasteiger partial charge in [-0.25, -0.2) is 0 Å². The molecule has 0 rings (SSSR count). The Balaban J connectivity index is 3.32. The Bertz CT molecular complexity index is 192. The third-order valence-corrected chi connectivity index (χ3v) is 2.63. The molecule has 0 bridgehead atoms. The molecule has 0 aromatic heterocycles. The highest BCUT2D eigenvalue weighted by Gasteiger charge is 2.13. The van der Waals surface area contributed by atoms with Crippen LogP contribution in [0.3, 0.4) is 0 Å². The van der Waals surface area contributed by atoms with Gasteiger partial charge in [-0.15, -0.1) is 0 Å². The molecule has 0 aliphatic heterocycles. The van der Waals surface area contributed by atoms with E-state index in [9.17, 15) is 4.79 Å². The van der Waals surface area contributed by atoms with Crippen molar-refractivity contribution in [3.05, 3.63) is 0 Å². The predicted octanol–water partition coefficient (Wildman–Crippen LogP) is 0.663. The number of thioether (sulfide) groups is 1. The normalized spacial score (nSPS) is 12.4. The minimum atomic E-state index is -0.522. The quantitative estimate of drug-likeness (QED) is 0.437. The Morgan fingerprint density at radius 2 is 1.88 bits per heavy atom. The molecule has 1 atom stereocenters. The molecular weight excluding hydrogens is 242 g/mol. The van der Waals surface area contributed by atoms with Gasteiger partial charge in [-0.3, -0.25) is 4.79 Å². The van der Waals surface area contributed by atoms with Crippen LogP contribution in [0.25, 0.3) is 0 Å². The van der Waals surface area contributed by atoms with E-state index in [0.717, 1.165) is 5.75 Å². The van der Waals surface area contributed by atoms with E-state index in [-0.39, 0.29) is 12.6 Å². The molecule has 0 saturated carbocycles. The fourth-order valence-electron chi connectivity index (χ4n) is 1.04. The van der Waals surface area contributed by atoms with Crippen molar-refractivity contribution in [1.82, 2.24) is 0 Å². The van der Waals surface area contributed by atoms with E-state index in [1.807, 2.05) is 13.2 Å². The van der Waals surface area contributed by atoms with E-state index in [2.05, 4.69) is 0 Å². The highest BCUT2D eigenvalue weighted by Crippen LogP contribution is 2.00. The monoisotopic (exact) mass is 265 g/mol. The molecule has 0 aliphatic rings. The second-order valence-electron chi connectivity index (χ2n) is 3.36. The van der Waals surface area contributed by atoms with Gasteiger partial charge in [0, 0.05) is 6.61 Å². The largest absolute Gasteiger partial charge is 0.462 e. The molecule has 0 amide bonds. The number of hydrogen-bond acceptors (Lipinski definition) is 6. The molecule has 17 heavy (non-hydrogen) atoms. The van der Waals surface area contributed by atoms with Crippen LogP contribution >= 0.6 is 11.8 Å². The Morgan fingerprint density at radius 3 is 2.53 bits per heavy atom. The van der Waals surface area contributed by atoms with Gasteiger partial charge in [0.2, 0.25) is 0 Å². The minimum Gasteiger partial charge on any atom is -0.462 e. The average molecular weight is 265 g/mol. The lowest BCUT2D eigenvalue weighted by Gasteiger charge is -2.11. The van der Waals surface area contributed by atoms with Gasteiger partial charge in [0.15, 0.2) is 0 Å². The Kier molecular flexibility index (Phi) is 12.0. The molecule has 0 unspecified atom stereocenters. The fourth-order valence-corrected chi connectivity index (χ4v) is 1.52. The number of hydrogen-bond donors (Lipinski definition) is 1. The van der Waals surface area contributed by atoms with Gasteiger partial charge in [-0.2, -0.15) is 11.8 Å². The van der Waals surface area contributed by atoms with Crippen molar-refractivity contribution in [3.8, 4) is 0 Å². The lowest BCUT2D eigenvalue weighted by atomic mass is 10.2. The number of ether oxygens (including phenoxy) is 3. The van der Waals surface area contributed by atoms with Crippen LogP contribution in [0.4, 0.5) is 0 Å². The molecule has 0 spiro atoms. The average Bonchev–Trinajstić information content (AvgIpc) is 2.34. The second kappa shape index (κ2) is 12.2. The highest BCUT2D eigenvalue weighted by molar-refractivity contribution is 7.98. The molecule has 5 nitrogen and oxygen atoms in total. The molecule has 0 aromatic carbocycles. The lowest BCUT2D eigenvalue weighted by molar-refractivity contribution is -0.146. The van der Waals surface area contributed by atoms with Crippen molar-refractivity contribution < 1.29 is 19.0 Å². The molecule has 0 aliphatic carbocycles. The first-order valence-corrected chi connectivity index (χ1v) is 7.18. The zero-order valence-electron chi connectivity index (χ0n) is 10.6. The Hall–Kier alpha value is -0.300. The maximum Gasteiger partial charge on any atom is 0.323 e. The summed E-state index contributed by atoms with van der Waals surface area (Å²) in [6, 6.07) is -0.522. The zero-order chi connectivity index (χ0) is 12.9. The molecule has 0 saturated heterocycles. The first-order chi connectivity index (χ1) is 8.22. The van der Waals surface area contributed by atoms with Crippen LogP contribution in [0, 0.1) is 0 Å². The zero-order valence-corrected chi connectivity index (χ0v) is 11.5. The summed E-state index contributed by atoms with van der Waals surface area (Å²) in [5.74, 6) is 0.508. The number of nitrogens with two attached hydrogens (primary N) is 1. The van der Waals surface area contributed by atoms with Crippen molar-refractivity contribution in [2.75, 3.05) is 45.0 Å². The molecule has 2 N–H and O–H groups in total. The summed E-state index contributed by atoms with van der Waals surface area (Å²) in [6.45, 7) is 4.33. The van der Waals surface area contributed by atoms with Gasteiger partial charge >= 0.3 is 5.97 Å². The Labute approximate surface area is 107 Å². The number of carbonyl (C=O) groups is 1. The minimum absolute atomic E-state index is 0.248. The van der Waals surface area contributed by atoms with Gasteiger partial charge in [-0.1, -0.05) is 0 Å². The topological polar surface area (TPSA) is 70.8 Å². The van der Waals surface area contributed by atoms with E-state index in [0.29, 0.717) is 32.8 Å². The SMILES string of the molecule is CCOCCOCCOC(=O)[C@@H](N)CCSC. The maximum absolute atomic E-state index is 11.3. The number of rotatable bonds is 11. The van der Waals surface area contributed by atoms with Crippen molar-refractivity contribution >= 4 is 17.7 Å². The highest BCUT2D eigenvalue weighted by atomic mass is 32.2. The van der Waals surface area contributed by atoms with Crippen LogP contribution in [0.15, 0.2) is 0 Å². The summed E-state index contributed by atoms with van der Waals surface area (Å²) >= 11 is 1.66. The third-order valence-electron chi connectivity index (χ3n) is 1.98. The van der Waals surface area contributed by atoms with Crippen LogP contribution in [-0.2, 0) is 19.0 Å². The maximum atomic E-state index is 11.3. The van der Waals surface area contributed by atoms with Crippen molar-refractivity contribution in [2.45, 2.75) is 19.4 Å². The van der Waals surface area contributed by atoms with E-state index >= 15 is 0 Å². The molecule has 102 valence electrons. The van der Waals surface area contributed by atoms with Crippen LogP contribution in [0.5, 0.6) is 0 Å². The molecule has 0 radical (unpaired) electrons. The van der Waals surface area contributed by atoms with Gasteiger partial charge in [0.1, 0.15) is 12.6 Å². The van der Waals surface area contributed by atoms with Gasteiger partial charge < -0.3 is 19.9 Å². The van der Waals surface area contributed by atoms with Gasteiger partial charge in [-0.05, 0) is 25.4 Å². The molecule has 6 heteroatoms. The number of esters is 1. The summed E-state index contributed by atoms with van der Waals surface area (Å²) in [6.07, 6.45) is 2.62. The van der Waals surface area contributed by atoms with E-state index in [4.69, 9.17) is 19.9 Å². The predicted molar refractivity (Wildman–Crippen MR) is 69.2 cm³/mol. The van der Waals surface area contributed by atoms with Crippen molar-refractivity contribution in [2.24, 2.45) is 5.73 Å². The third kappa shape index (κ3) is 10.6. The van der Waals surface area contributed by atoms with E-state index in [1.54, 1.807) is 11.8 Å². The van der Waals surface area contributed by atoms with Crippen molar-refractivity contribution in [3.63, 3.8) is 0 Å². The van der Waals surface area contributed by atoms with E-state index < -0.39 is 6.04 Å². The smallest absolute Gasteiger partial charge is 0.323 e. The fraction of sp³-hybridized carbons (Fsp3) is 0.909. The summed E-state index contributed by atoms with van der Waals surface area (Å²) in [4.78, 5) is 11.3. The molecule has 0 heterocycles. The standard InChI is InChI=1S/C11H23NO4S/c1-3-14-5-6-15-7-8-16-11(13)10(12)4-9-17-2/h10H,3-9,12H2,1-2H3/t10-/m0/s1. The summed E-state index contributed by atoms with van der Waals surface area (Å²) in [5.41, 5.74) is 5.64. The van der Waals surface area contributed by atoms with E-state index in [1.165, 1.54) is 0 Å². The molecule has 0 fully saturated rings. The summed E-state index contributed by atoms with van der Waals surface area (Å²) in [7, 11) is 0. The summed E-state index contributed by atoms with van der Waals surface area (Å²) in [5, 5.41) is 0. The first-order valence-electron chi connectivity index (χ1n) is 5.79. The first kappa shape index (κ1) is 16.7. The van der Waals surface area contributed by atoms with Crippen LogP contribution in [0.2, 0.25) is 0 Å². The van der Waals surface area contributed by atoms with Gasteiger partial charge in [0.05, 0.1) is 19.8 Å². The Morgan fingerprint density at radius 1 is 1.24 bits per heavy atom. The molecule has 0 aromatic rings. The van der Waals surface area contributed by atoms with Crippen LogP contribution in [0.1, 0.15) is 13.3 Å².